The van der Waals surface area contributed by atoms with Gasteiger partial charge >= 0.3 is 0 Å². The molecule has 2 saturated heterocycles. The monoisotopic (exact) mass is 654 g/mol. The Balaban J connectivity index is 1.18. The zero-order valence-electron chi connectivity index (χ0n) is 26.9. The van der Waals surface area contributed by atoms with E-state index in [9.17, 15) is 0 Å². The number of rotatable bonds is 13. The molecular formula is C33H47ClN8O2S. The molecule has 2 fully saturated rings. The van der Waals surface area contributed by atoms with Crippen LogP contribution < -0.4 is 5.32 Å². The van der Waals surface area contributed by atoms with E-state index in [-0.39, 0.29) is 6.17 Å². The fourth-order valence-corrected chi connectivity index (χ4v) is 7.79. The van der Waals surface area contributed by atoms with Crippen molar-refractivity contribution in [1.29, 1.82) is 0 Å². The van der Waals surface area contributed by atoms with Gasteiger partial charge in [0, 0.05) is 60.3 Å². The Hall–Kier alpha value is -2.22. The average Bonchev–Trinajstić information content (AvgIpc) is 3.53. The van der Waals surface area contributed by atoms with Gasteiger partial charge in [-0.2, -0.15) is 0 Å². The number of nitrogens with one attached hydrogen (secondary N) is 1. The van der Waals surface area contributed by atoms with Crippen LogP contribution in [-0.2, 0) is 9.47 Å². The number of hydrogen-bond acceptors (Lipinski definition) is 10. The highest BCUT2D eigenvalue weighted by Gasteiger charge is 2.31. The Kier molecular flexibility index (Phi) is 11.3. The van der Waals surface area contributed by atoms with Crippen molar-refractivity contribution in [2.75, 3.05) is 91.9 Å². The van der Waals surface area contributed by atoms with Crippen LogP contribution in [-0.4, -0.2) is 127 Å². The van der Waals surface area contributed by atoms with Gasteiger partial charge in [0.15, 0.2) is 12.0 Å². The molecule has 0 radical (unpaired) electrons. The maximum atomic E-state index is 6.29. The molecule has 5 heterocycles. The first-order valence-electron chi connectivity index (χ1n) is 16.4. The van der Waals surface area contributed by atoms with Crippen molar-refractivity contribution in [3.05, 3.63) is 62.5 Å². The molecule has 3 aliphatic rings. The molecule has 2 aromatic heterocycles. The van der Waals surface area contributed by atoms with Crippen LogP contribution >= 0.6 is 22.9 Å². The van der Waals surface area contributed by atoms with E-state index in [2.05, 4.69) is 60.8 Å². The highest BCUT2D eigenvalue weighted by atomic mass is 35.5. The summed E-state index contributed by atoms with van der Waals surface area (Å²) in [4.78, 5) is 14.3. The molecule has 0 spiro atoms. The molecule has 3 aliphatic heterocycles. The molecule has 3 aromatic rings. The van der Waals surface area contributed by atoms with Crippen LogP contribution in [0.1, 0.15) is 52.2 Å². The summed E-state index contributed by atoms with van der Waals surface area (Å²) >= 11 is 8.07. The lowest BCUT2D eigenvalue weighted by atomic mass is 10.00. The summed E-state index contributed by atoms with van der Waals surface area (Å²) in [7, 11) is 0. The predicted molar refractivity (Wildman–Crippen MR) is 181 cm³/mol. The van der Waals surface area contributed by atoms with E-state index in [1.807, 2.05) is 19.1 Å². The molecule has 10 nitrogen and oxygen atoms in total. The Labute approximate surface area is 276 Å². The van der Waals surface area contributed by atoms with Gasteiger partial charge in [0.1, 0.15) is 10.8 Å². The lowest BCUT2D eigenvalue weighted by molar-refractivity contribution is 0.0340. The van der Waals surface area contributed by atoms with Crippen LogP contribution in [0.25, 0.3) is 5.00 Å². The van der Waals surface area contributed by atoms with Crippen LogP contribution in [0.15, 0.2) is 29.3 Å². The van der Waals surface area contributed by atoms with Crippen molar-refractivity contribution in [2.24, 2.45) is 4.99 Å². The number of thiophene rings is 1. The van der Waals surface area contributed by atoms with Gasteiger partial charge in [-0.1, -0.05) is 23.7 Å². The first kappa shape index (κ1) is 32.7. The molecule has 1 N–H and O–H groups in total. The van der Waals surface area contributed by atoms with Crippen molar-refractivity contribution in [3.8, 4) is 5.00 Å². The van der Waals surface area contributed by atoms with Gasteiger partial charge in [-0.3, -0.25) is 24.7 Å². The highest BCUT2D eigenvalue weighted by Crippen LogP contribution is 2.38. The Morgan fingerprint density at radius 1 is 0.889 bits per heavy atom. The number of aromatic nitrogens is 3. The molecule has 6 rings (SSSR count). The maximum absolute atomic E-state index is 6.29. The molecular weight excluding hydrogens is 608 g/mol. The zero-order chi connectivity index (χ0) is 31.2. The van der Waals surface area contributed by atoms with E-state index in [0.717, 1.165) is 143 Å². The summed E-state index contributed by atoms with van der Waals surface area (Å²) < 4.78 is 13.3. The van der Waals surface area contributed by atoms with Gasteiger partial charge in [-0.05, 0) is 77.5 Å². The largest absolute Gasteiger partial charge is 0.379 e. The number of nitrogens with zero attached hydrogens (tertiary/aromatic N) is 7. The SMILES string of the molecule is Cc1sc2c(c1C)C(c1ccc(Cl)cc1)=NC(NCCN(CCCN1CCOCC1)CCCN1CCOCC1)c1nnc(C)n1-2. The lowest BCUT2D eigenvalue weighted by Crippen LogP contribution is -2.41. The van der Waals surface area contributed by atoms with Crippen LogP contribution in [0.5, 0.6) is 0 Å². The van der Waals surface area contributed by atoms with Gasteiger partial charge in [-0.25, -0.2) is 0 Å². The normalized spacial score (nSPS) is 19.4. The van der Waals surface area contributed by atoms with E-state index >= 15 is 0 Å². The topological polar surface area (TPSA) is 83.3 Å². The first-order chi connectivity index (χ1) is 22.0. The van der Waals surface area contributed by atoms with Crippen LogP contribution in [0.4, 0.5) is 0 Å². The summed E-state index contributed by atoms with van der Waals surface area (Å²) in [6.45, 7) is 20.1. The molecule has 0 saturated carbocycles. The van der Waals surface area contributed by atoms with E-state index in [1.165, 1.54) is 10.4 Å². The molecule has 1 atom stereocenters. The number of benzene rings is 1. The molecule has 1 unspecified atom stereocenters. The Morgan fingerprint density at radius 3 is 2.13 bits per heavy atom. The van der Waals surface area contributed by atoms with Gasteiger partial charge < -0.3 is 14.4 Å². The molecule has 244 valence electrons. The number of ether oxygens (including phenoxy) is 2. The minimum absolute atomic E-state index is 0.320. The number of aliphatic imine (C=N–C) groups is 1. The summed E-state index contributed by atoms with van der Waals surface area (Å²) in [5.41, 5.74) is 4.42. The quantitative estimate of drug-likeness (QED) is 0.295. The third kappa shape index (κ3) is 8.02. The summed E-state index contributed by atoms with van der Waals surface area (Å²) in [6.07, 6.45) is 2.00. The van der Waals surface area contributed by atoms with Crippen LogP contribution in [0.2, 0.25) is 5.02 Å². The van der Waals surface area contributed by atoms with Gasteiger partial charge in [0.25, 0.3) is 0 Å². The zero-order valence-corrected chi connectivity index (χ0v) is 28.5. The predicted octanol–water partition coefficient (Wildman–Crippen LogP) is 4.09. The molecule has 0 bridgehead atoms. The summed E-state index contributed by atoms with van der Waals surface area (Å²) in [5.74, 6) is 1.71. The number of hydrogen-bond donors (Lipinski definition) is 1. The molecule has 0 aliphatic carbocycles. The fraction of sp³-hybridized carbons (Fsp3) is 0.606. The van der Waals surface area contributed by atoms with Gasteiger partial charge in [0.05, 0.1) is 32.1 Å². The second kappa shape index (κ2) is 15.6. The Morgan fingerprint density at radius 2 is 1.51 bits per heavy atom. The lowest BCUT2D eigenvalue weighted by Gasteiger charge is -2.30. The number of aryl methyl sites for hydroxylation is 2. The smallest absolute Gasteiger partial charge is 0.177 e. The van der Waals surface area contributed by atoms with Gasteiger partial charge in [0.2, 0.25) is 0 Å². The van der Waals surface area contributed by atoms with Crippen molar-refractivity contribution < 1.29 is 9.47 Å². The third-order valence-corrected chi connectivity index (χ3v) is 10.6. The minimum atomic E-state index is -0.320. The van der Waals surface area contributed by atoms with E-state index < -0.39 is 0 Å². The van der Waals surface area contributed by atoms with Crippen molar-refractivity contribution in [1.82, 2.24) is 34.8 Å². The average molecular weight is 655 g/mol. The third-order valence-electron chi connectivity index (χ3n) is 9.15. The van der Waals surface area contributed by atoms with Crippen molar-refractivity contribution in [2.45, 2.75) is 39.8 Å². The van der Waals surface area contributed by atoms with E-state index in [1.54, 1.807) is 11.3 Å². The summed E-state index contributed by atoms with van der Waals surface area (Å²) in [5, 5.41) is 14.8. The van der Waals surface area contributed by atoms with E-state index in [0.29, 0.717) is 0 Å². The maximum Gasteiger partial charge on any atom is 0.177 e. The fourth-order valence-electron chi connectivity index (χ4n) is 6.45. The van der Waals surface area contributed by atoms with E-state index in [4.69, 9.17) is 26.1 Å². The standard InChI is InChI=1S/C33H47ClN8O2S/c1-24-25(2)45-33-29(24)30(27-6-8-28(34)9-7-27)36-31(32-38-37-26(3)42(32)33)35-10-15-39(11-4-13-40-16-20-43-21-17-40)12-5-14-41-18-22-44-23-19-41/h6-9,31,35H,4-5,10-23H2,1-3H3. The first-order valence-corrected chi connectivity index (χ1v) is 17.6. The van der Waals surface area contributed by atoms with Crippen LogP contribution in [0, 0.1) is 20.8 Å². The number of halogens is 1. The molecule has 1 aromatic carbocycles. The Bertz CT molecular complexity index is 1410. The van der Waals surface area contributed by atoms with Gasteiger partial charge in [-0.15, -0.1) is 21.5 Å². The molecule has 0 amide bonds. The van der Waals surface area contributed by atoms with Crippen molar-refractivity contribution in [3.63, 3.8) is 0 Å². The number of fused-ring (bicyclic) bond motifs is 3. The second-order valence-corrected chi connectivity index (χ2v) is 13.8. The second-order valence-electron chi connectivity index (χ2n) is 12.2. The highest BCUT2D eigenvalue weighted by molar-refractivity contribution is 7.15. The van der Waals surface area contributed by atoms with Crippen molar-refractivity contribution >= 4 is 28.6 Å². The molecule has 45 heavy (non-hydrogen) atoms. The van der Waals surface area contributed by atoms with Crippen LogP contribution in [0.3, 0.4) is 0 Å². The summed E-state index contributed by atoms with van der Waals surface area (Å²) in [6, 6.07) is 8.02. The number of morpholine rings is 2. The molecule has 12 heteroatoms. The minimum Gasteiger partial charge on any atom is -0.379 e.